The van der Waals surface area contributed by atoms with Gasteiger partial charge in [-0.2, -0.15) is 0 Å². The van der Waals surface area contributed by atoms with E-state index in [1.54, 1.807) is 0 Å². The summed E-state index contributed by atoms with van der Waals surface area (Å²) in [7, 11) is 0. The van der Waals surface area contributed by atoms with Crippen molar-refractivity contribution in [1.82, 2.24) is 0 Å². The van der Waals surface area contributed by atoms with Crippen LogP contribution in [0.2, 0.25) is 0 Å². The zero-order valence-corrected chi connectivity index (χ0v) is 11.2. The summed E-state index contributed by atoms with van der Waals surface area (Å²) < 4.78 is 1.01. The third-order valence-electron chi connectivity index (χ3n) is 2.43. The Morgan fingerprint density at radius 3 is 2.81 bits per heavy atom. The number of hydrogen-bond donors (Lipinski definition) is 2. The second kappa shape index (κ2) is 6.01. The first-order valence-electron chi connectivity index (χ1n) is 5.34. The molecule has 0 bridgehead atoms. The molecule has 0 saturated heterocycles. The molecule has 0 spiro atoms. The van der Waals surface area contributed by atoms with Crippen LogP contribution < -0.4 is 11.1 Å². The number of benzene rings is 1. The fraction of sp³-hybridized carbons (Fsp3) is 0.417. The maximum atomic E-state index is 11.6. The number of rotatable bonds is 4. The molecule has 0 aromatic heterocycles. The van der Waals surface area contributed by atoms with Crippen molar-refractivity contribution in [2.24, 2.45) is 5.73 Å². The van der Waals surface area contributed by atoms with Gasteiger partial charge in [0.1, 0.15) is 0 Å². The van der Waals surface area contributed by atoms with Gasteiger partial charge in [0.2, 0.25) is 5.91 Å². The molecular weight excluding hydrogens is 268 g/mol. The number of nitrogens with one attached hydrogen (secondary N) is 1. The second-order valence-electron chi connectivity index (χ2n) is 3.88. The average molecular weight is 285 g/mol. The summed E-state index contributed by atoms with van der Waals surface area (Å²) in [6.45, 7) is 3.93. The molecule has 0 aliphatic rings. The zero-order valence-electron chi connectivity index (χ0n) is 9.59. The lowest BCUT2D eigenvalue weighted by Gasteiger charge is -2.11. The molecule has 0 aliphatic carbocycles. The van der Waals surface area contributed by atoms with Gasteiger partial charge in [-0.1, -0.05) is 22.9 Å². The minimum atomic E-state index is -0.0595. The number of carbonyl (C=O) groups is 1. The first-order valence-corrected chi connectivity index (χ1v) is 6.13. The summed E-state index contributed by atoms with van der Waals surface area (Å²) in [6, 6.07) is 5.70. The van der Waals surface area contributed by atoms with Crippen LogP contribution in [0.15, 0.2) is 22.7 Å². The lowest BCUT2D eigenvalue weighted by molar-refractivity contribution is -0.116. The minimum Gasteiger partial charge on any atom is -0.327 e. The van der Waals surface area contributed by atoms with E-state index >= 15 is 0 Å². The van der Waals surface area contributed by atoms with Crippen molar-refractivity contribution in [1.29, 1.82) is 0 Å². The van der Waals surface area contributed by atoms with Crippen LogP contribution >= 0.6 is 15.9 Å². The molecule has 1 rings (SSSR count). The Hall–Kier alpha value is -0.870. The third-order valence-corrected chi connectivity index (χ3v) is 2.93. The van der Waals surface area contributed by atoms with Gasteiger partial charge in [-0.25, -0.2) is 0 Å². The zero-order chi connectivity index (χ0) is 12.1. The van der Waals surface area contributed by atoms with Crippen molar-refractivity contribution >= 4 is 27.5 Å². The summed E-state index contributed by atoms with van der Waals surface area (Å²) in [5.41, 5.74) is 7.60. The second-order valence-corrected chi connectivity index (χ2v) is 4.80. The van der Waals surface area contributed by atoms with Crippen molar-refractivity contribution in [2.75, 3.05) is 5.32 Å². The van der Waals surface area contributed by atoms with Gasteiger partial charge in [0.05, 0.1) is 0 Å². The summed E-state index contributed by atoms with van der Waals surface area (Å²) in [5.74, 6) is -0.0280. The number of aryl methyl sites for hydroxylation is 1. The molecule has 1 atom stereocenters. The highest BCUT2D eigenvalue weighted by molar-refractivity contribution is 9.10. The number of hydrogen-bond acceptors (Lipinski definition) is 2. The molecule has 1 aromatic rings. The van der Waals surface area contributed by atoms with Crippen molar-refractivity contribution in [3.05, 3.63) is 28.2 Å². The van der Waals surface area contributed by atoms with Gasteiger partial charge in [-0.05, 0) is 37.1 Å². The van der Waals surface area contributed by atoms with Crippen LogP contribution in [0, 0.1) is 6.92 Å². The van der Waals surface area contributed by atoms with Gasteiger partial charge in [0, 0.05) is 22.6 Å². The topological polar surface area (TPSA) is 55.1 Å². The SMILES string of the molecule is CCC(N)CC(=O)Nc1ccc(Br)cc1C. The van der Waals surface area contributed by atoms with Gasteiger partial charge in [0.25, 0.3) is 0 Å². The van der Waals surface area contributed by atoms with E-state index < -0.39 is 0 Å². The number of halogens is 1. The maximum Gasteiger partial charge on any atom is 0.225 e. The monoisotopic (exact) mass is 284 g/mol. The predicted octanol–water partition coefficient (Wildman–Crippen LogP) is 2.82. The van der Waals surface area contributed by atoms with Crippen LogP contribution in [0.5, 0.6) is 0 Å². The van der Waals surface area contributed by atoms with E-state index in [-0.39, 0.29) is 11.9 Å². The Balaban J connectivity index is 2.63. The molecule has 0 radical (unpaired) electrons. The average Bonchev–Trinajstić information content (AvgIpc) is 2.22. The van der Waals surface area contributed by atoms with Gasteiger partial charge in [-0.15, -0.1) is 0 Å². The van der Waals surface area contributed by atoms with Crippen LogP contribution in [0.4, 0.5) is 5.69 Å². The van der Waals surface area contributed by atoms with Crippen LogP contribution in [0.25, 0.3) is 0 Å². The fourth-order valence-electron chi connectivity index (χ4n) is 1.35. The fourth-order valence-corrected chi connectivity index (χ4v) is 1.83. The number of amides is 1. The van der Waals surface area contributed by atoms with Crippen molar-refractivity contribution < 1.29 is 4.79 Å². The summed E-state index contributed by atoms with van der Waals surface area (Å²) in [4.78, 5) is 11.6. The molecule has 3 N–H and O–H groups in total. The lowest BCUT2D eigenvalue weighted by Crippen LogP contribution is -2.26. The van der Waals surface area contributed by atoms with Crippen LogP contribution in [-0.2, 0) is 4.79 Å². The third kappa shape index (κ3) is 3.94. The van der Waals surface area contributed by atoms with Crippen molar-refractivity contribution in [3.8, 4) is 0 Å². The van der Waals surface area contributed by atoms with E-state index in [1.807, 2.05) is 32.0 Å². The molecule has 0 fully saturated rings. The van der Waals surface area contributed by atoms with E-state index in [9.17, 15) is 4.79 Å². The quantitative estimate of drug-likeness (QED) is 0.893. The van der Waals surface area contributed by atoms with E-state index in [0.29, 0.717) is 6.42 Å². The number of anilines is 1. The number of nitrogens with two attached hydrogens (primary N) is 1. The molecule has 1 aromatic carbocycles. The Labute approximate surface area is 105 Å². The summed E-state index contributed by atoms with van der Waals surface area (Å²) >= 11 is 3.38. The van der Waals surface area contributed by atoms with E-state index in [2.05, 4.69) is 21.2 Å². The molecular formula is C12H17BrN2O. The maximum absolute atomic E-state index is 11.6. The van der Waals surface area contributed by atoms with Gasteiger partial charge in [0.15, 0.2) is 0 Å². The van der Waals surface area contributed by atoms with Gasteiger partial charge in [-0.3, -0.25) is 4.79 Å². The van der Waals surface area contributed by atoms with Crippen molar-refractivity contribution in [2.45, 2.75) is 32.7 Å². The van der Waals surface area contributed by atoms with Crippen LogP contribution in [-0.4, -0.2) is 11.9 Å². The summed E-state index contributed by atoms with van der Waals surface area (Å²) in [6.07, 6.45) is 1.18. The van der Waals surface area contributed by atoms with E-state index in [0.717, 1.165) is 22.1 Å². The predicted molar refractivity (Wildman–Crippen MR) is 70.4 cm³/mol. The van der Waals surface area contributed by atoms with Gasteiger partial charge >= 0.3 is 0 Å². The summed E-state index contributed by atoms with van der Waals surface area (Å²) in [5, 5.41) is 2.86. The first kappa shape index (κ1) is 13.2. The molecule has 0 saturated carbocycles. The molecule has 0 heterocycles. The molecule has 1 unspecified atom stereocenters. The molecule has 3 nitrogen and oxygen atoms in total. The Kier molecular flexibility index (Phi) is 4.96. The standard InChI is InChI=1S/C12H17BrN2O/c1-3-10(14)7-12(16)15-11-5-4-9(13)6-8(11)2/h4-6,10H,3,7,14H2,1-2H3,(H,15,16). The van der Waals surface area contributed by atoms with Gasteiger partial charge < -0.3 is 11.1 Å². The number of carbonyl (C=O) groups excluding carboxylic acids is 1. The van der Waals surface area contributed by atoms with Crippen LogP contribution in [0.3, 0.4) is 0 Å². The molecule has 16 heavy (non-hydrogen) atoms. The Morgan fingerprint density at radius 2 is 2.25 bits per heavy atom. The lowest BCUT2D eigenvalue weighted by atomic mass is 10.1. The van der Waals surface area contributed by atoms with Crippen molar-refractivity contribution in [3.63, 3.8) is 0 Å². The van der Waals surface area contributed by atoms with E-state index in [1.165, 1.54) is 0 Å². The highest BCUT2D eigenvalue weighted by Gasteiger charge is 2.08. The minimum absolute atomic E-state index is 0.0280. The largest absolute Gasteiger partial charge is 0.327 e. The highest BCUT2D eigenvalue weighted by Crippen LogP contribution is 2.20. The van der Waals surface area contributed by atoms with Crippen LogP contribution in [0.1, 0.15) is 25.3 Å². The Morgan fingerprint density at radius 1 is 1.56 bits per heavy atom. The Bertz CT molecular complexity index is 379. The molecule has 4 heteroatoms. The highest BCUT2D eigenvalue weighted by atomic mass is 79.9. The van der Waals surface area contributed by atoms with E-state index in [4.69, 9.17) is 5.73 Å². The first-order chi connectivity index (χ1) is 7.52. The molecule has 1 amide bonds. The molecule has 88 valence electrons. The smallest absolute Gasteiger partial charge is 0.225 e. The normalized spacial score (nSPS) is 12.2. The molecule has 0 aliphatic heterocycles.